The van der Waals surface area contributed by atoms with E-state index >= 15 is 0 Å². The molecule has 4 aliphatic carbocycles. The predicted molar refractivity (Wildman–Crippen MR) is 81.2 cm³/mol. The van der Waals surface area contributed by atoms with Crippen molar-refractivity contribution in [3.63, 3.8) is 0 Å². The smallest absolute Gasteiger partial charge is 0.139 e. The van der Waals surface area contributed by atoms with Crippen LogP contribution in [0.15, 0.2) is 0 Å². The zero-order chi connectivity index (χ0) is 15.3. The molecule has 0 amide bonds. The van der Waals surface area contributed by atoms with Gasteiger partial charge in [0, 0.05) is 24.7 Å². The molecule has 1 saturated heterocycles. The number of rotatable bonds is 0. The van der Waals surface area contributed by atoms with Crippen molar-refractivity contribution in [2.45, 2.75) is 76.4 Å². The topological polar surface area (TPSA) is 46.7 Å². The van der Waals surface area contributed by atoms with E-state index in [9.17, 15) is 9.59 Å². The van der Waals surface area contributed by atoms with Crippen LogP contribution in [0.4, 0.5) is 0 Å². The molecule has 0 aromatic carbocycles. The molecular formula is C19H26O3. The Kier molecular flexibility index (Phi) is 2.40. The average Bonchev–Trinajstić information content (AvgIpc) is 3.04. The maximum atomic E-state index is 12.5. The predicted octanol–water partition coefficient (Wildman–Crippen LogP) is 3.30. The van der Waals surface area contributed by atoms with Crippen molar-refractivity contribution in [1.82, 2.24) is 0 Å². The number of fused-ring (bicyclic) bond motifs is 3. The molecule has 0 aromatic heterocycles. The summed E-state index contributed by atoms with van der Waals surface area (Å²) < 4.78 is 6.43. The first-order valence-electron chi connectivity index (χ1n) is 9.17. The molecule has 0 aromatic rings. The quantitative estimate of drug-likeness (QED) is 0.645. The number of carbonyl (C=O) groups excluding carboxylic acids is 2. The second kappa shape index (κ2) is 3.85. The van der Waals surface area contributed by atoms with Crippen molar-refractivity contribution in [2.75, 3.05) is 0 Å². The van der Waals surface area contributed by atoms with Gasteiger partial charge in [0.2, 0.25) is 0 Å². The van der Waals surface area contributed by atoms with Crippen LogP contribution >= 0.6 is 0 Å². The Hall–Kier alpha value is -0.700. The molecule has 5 aliphatic rings. The summed E-state index contributed by atoms with van der Waals surface area (Å²) in [4.78, 5) is 24.4. The summed E-state index contributed by atoms with van der Waals surface area (Å²) in [7, 11) is 0. The van der Waals surface area contributed by atoms with E-state index in [-0.39, 0.29) is 16.6 Å². The molecule has 1 aliphatic heterocycles. The number of Topliss-reactive ketones (excluding diaryl/α,β-unsaturated/α-hetero) is 2. The summed E-state index contributed by atoms with van der Waals surface area (Å²) >= 11 is 0. The summed E-state index contributed by atoms with van der Waals surface area (Å²) in [6, 6.07) is 0. The van der Waals surface area contributed by atoms with Gasteiger partial charge in [-0.15, -0.1) is 0 Å². The Labute approximate surface area is 132 Å². The molecule has 7 atom stereocenters. The minimum Gasteiger partial charge on any atom is -0.362 e. The van der Waals surface area contributed by atoms with E-state index in [1.54, 1.807) is 0 Å². The molecule has 22 heavy (non-hydrogen) atoms. The summed E-state index contributed by atoms with van der Waals surface area (Å²) in [5.74, 6) is 3.27. The molecule has 120 valence electrons. The van der Waals surface area contributed by atoms with Crippen molar-refractivity contribution in [3.05, 3.63) is 0 Å². The standard InChI is InChI=1S/C19H26O3/c1-11-9-18-10-12(20)5-8-19(18,22-18)14-6-7-17(2)13(16(11)14)3-4-15(17)21/h11,13-14,16H,3-10H2,1-2H3/t11?,13?,14?,16?,17-,18?,19?/m0/s1. The van der Waals surface area contributed by atoms with Crippen LogP contribution in [0.3, 0.4) is 0 Å². The molecule has 1 heterocycles. The lowest BCUT2D eigenvalue weighted by atomic mass is 9.48. The second-order valence-electron chi connectivity index (χ2n) is 9.09. The van der Waals surface area contributed by atoms with Gasteiger partial charge in [-0.2, -0.15) is 0 Å². The molecule has 5 rings (SSSR count). The highest BCUT2D eigenvalue weighted by molar-refractivity contribution is 5.87. The van der Waals surface area contributed by atoms with Gasteiger partial charge in [0.25, 0.3) is 0 Å². The lowest BCUT2D eigenvalue weighted by Gasteiger charge is -2.53. The summed E-state index contributed by atoms with van der Waals surface area (Å²) in [6.45, 7) is 4.58. The van der Waals surface area contributed by atoms with Crippen molar-refractivity contribution < 1.29 is 14.3 Å². The fourth-order valence-electron chi connectivity index (χ4n) is 7.37. The Morgan fingerprint density at radius 1 is 1.09 bits per heavy atom. The van der Waals surface area contributed by atoms with Crippen LogP contribution in [0.25, 0.3) is 0 Å². The number of hydrogen-bond acceptors (Lipinski definition) is 3. The maximum Gasteiger partial charge on any atom is 0.139 e. The Morgan fingerprint density at radius 2 is 1.91 bits per heavy atom. The van der Waals surface area contributed by atoms with Gasteiger partial charge < -0.3 is 4.74 Å². The third-order valence-corrected chi connectivity index (χ3v) is 8.31. The van der Waals surface area contributed by atoms with Gasteiger partial charge in [0.05, 0.1) is 0 Å². The van der Waals surface area contributed by atoms with Crippen molar-refractivity contribution in [1.29, 1.82) is 0 Å². The fourth-order valence-corrected chi connectivity index (χ4v) is 7.37. The molecule has 0 bridgehead atoms. The zero-order valence-corrected chi connectivity index (χ0v) is 13.7. The molecule has 4 saturated carbocycles. The molecule has 0 spiro atoms. The lowest BCUT2D eigenvalue weighted by Crippen LogP contribution is -2.55. The van der Waals surface area contributed by atoms with E-state index in [0.29, 0.717) is 48.1 Å². The van der Waals surface area contributed by atoms with Crippen molar-refractivity contribution in [2.24, 2.45) is 29.1 Å². The summed E-state index contributed by atoms with van der Waals surface area (Å²) in [6.07, 6.45) is 7.39. The Bertz CT molecular complexity index is 583. The molecule has 0 N–H and O–H groups in total. The van der Waals surface area contributed by atoms with Gasteiger partial charge >= 0.3 is 0 Å². The monoisotopic (exact) mass is 302 g/mol. The first-order valence-corrected chi connectivity index (χ1v) is 9.17. The summed E-state index contributed by atoms with van der Waals surface area (Å²) in [5, 5.41) is 0. The largest absolute Gasteiger partial charge is 0.362 e. The van der Waals surface area contributed by atoms with E-state index < -0.39 is 0 Å². The Morgan fingerprint density at radius 3 is 2.73 bits per heavy atom. The highest BCUT2D eigenvalue weighted by Gasteiger charge is 2.79. The first kappa shape index (κ1) is 13.7. The average molecular weight is 302 g/mol. The first-order chi connectivity index (χ1) is 10.4. The van der Waals surface area contributed by atoms with Crippen LogP contribution in [0.1, 0.15) is 65.2 Å². The molecule has 5 fully saturated rings. The normalized spacial score (nSPS) is 59.4. The lowest BCUT2D eigenvalue weighted by molar-refractivity contribution is -0.133. The van der Waals surface area contributed by atoms with Crippen LogP contribution in [-0.2, 0) is 14.3 Å². The van der Waals surface area contributed by atoms with Gasteiger partial charge in [0.1, 0.15) is 22.8 Å². The van der Waals surface area contributed by atoms with Crippen molar-refractivity contribution in [3.8, 4) is 0 Å². The van der Waals surface area contributed by atoms with Gasteiger partial charge in [0.15, 0.2) is 0 Å². The second-order valence-corrected chi connectivity index (χ2v) is 9.09. The molecule has 3 nitrogen and oxygen atoms in total. The minimum atomic E-state index is -0.112. The van der Waals surface area contributed by atoms with Gasteiger partial charge in [-0.05, 0) is 55.8 Å². The van der Waals surface area contributed by atoms with Crippen LogP contribution < -0.4 is 0 Å². The van der Waals surface area contributed by atoms with Crippen molar-refractivity contribution >= 4 is 11.6 Å². The van der Waals surface area contributed by atoms with E-state index in [4.69, 9.17) is 4.74 Å². The van der Waals surface area contributed by atoms with Crippen LogP contribution in [0, 0.1) is 29.1 Å². The zero-order valence-electron chi connectivity index (χ0n) is 13.7. The molecule has 6 unspecified atom stereocenters. The number of hydrogen-bond donors (Lipinski definition) is 0. The van der Waals surface area contributed by atoms with E-state index in [1.165, 1.54) is 0 Å². The van der Waals surface area contributed by atoms with Gasteiger partial charge in [-0.1, -0.05) is 13.8 Å². The van der Waals surface area contributed by atoms with Gasteiger partial charge in [-0.25, -0.2) is 0 Å². The fraction of sp³-hybridized carbons (Fsp3) is 0.895. The van der Waals surface area contributed by atoms with Gasteiger partial charge in [-0.3, -0.25) is 9.59 Å². The van der Waals surface area contributed by atoms with E-state index in [0.717, 1.165) is 38.5 Å². The van der Waals surface area contributed by atoms with E-state index in [1.807, 2.05) is 0 Å². The van der Waals surface area contributed by atoms with E-state index in [2.05, 4.69) is 13.8 Å². The highest BCUT2D eigenvalue weighted by Crippen LogP contribution is 2.73. The molecular weight excluding hydrogens is 276 g/mol. The Balaban J connectivity index is 1.54. The summed E-state index contributed by atoms with van der Waals surface area (Å²) in [5.41, 5.74) is -0.171. The maximum absolute atomic E-state index is 12.5. The molecule has 3 heteroatoms. The highest BCUT2D eigenvalue weighted by atomic mass is 16.6. The van der Waals surface area contributed by atoms with Crippen LogP contribution in [-0.4, -0.2) is 22.8 Å². The number of epoxide rings is 1. The third kappa shape index (κ3) is 1.35. The number of carbonyl (C=O) groups is 2. The van der Waals surface area contributed by atoms with Crippen LogP contribution in [0.2, 0.25) is 0 Å². The third-order valence-electron chi connectivity index (χ3n) is 8.31. The SMILES string of the molecule is CC1CC23CC(=O)CCC2(O3)C2CC[C@]3(C)C(=O)CCC3C12. The van der Waals surface area contributed by atoms with Crippen LogP contribution in [0.5, 0.6) is 0 Å². The number of ether oxygens (including phenoxy) is 1. The number of ketones is 2. The molecule has 0 radical (unpaired) electrons. The minimum absolute atomic E-state index is 0.00501.